The van der Waals surface area contributed by atoms with Crippen molar-refractivity contribution >= 4 is 10.0 Å². The van der Waals surface area contributed by atoms with E-state index in [1.54, 1.807) is 31.4 Å². The molecule has 2 aromatic carbocycles. The molecule has 4 nitrogen and oxygen atoms in total. The van der Waals surface area contributed by atoms with E-state index in [-0.39, 0.29) is 17.5 Å². The third kappa shape index (κ3) is 4.02. The summed E-state index contributed by atoms with van der Waals surface area (Å²) in [5.74, 6) is 0.664. The Morgan fingerprint density at radius 3 is 2.08 bits per heavy atom. The third-order valence-electron chi connectivity index (χ3n) is 4.24. The fraction of sp³-hybridized carbons (Fsp3) is 0.333. The highest BCUT2D eigenvalue weighted by molar-refractivity contribution is 7.89. The van der Waals surface area contributed by atoms with Gasteiger partial charge in [0.15, 0.2) is 0 Å². The lowest BCUT2D eigenvalue weighted by atomic mass is 10.2. The van der Waals surface area contributed by atoms with Gasteiger partial charge in [-0.3, -0.25) is 0 Å². The Balaban J connectivity index is 1.86. The number of rotatable bonds is 6. The van der Waals surface area contributed by atoms with Gasteiger partial charge >= 0.3 is 6.18 Å². The molecule has 1 aliphatic rings. The average molecular weight is 385 g/mol. The summed E-state index contributed by atoms with van der Waals surface area (Å²) in [6.07, 6.45) is -3.01. The van der Waals surface area contributed by atoms with Crippen LogP contribution in [0, 0.1) is 0 Å². The van der Waals surface area contributed by atoms with Crippen LogP contribution in [0.15, 0.2) is 53.4 Å². The quantitative estimate of drug-likeness (QED) is 0.753. The third-order valence-corrected chi connectivity index (χ3v) is 6.15. The van der Waals surface area contributed by atoms with Gasteiger partial charge < -0.3 is 4.74 Å². The molecule has 2 aromatic rings. The van der Waals surface area contributed by atoms with Crippen LogP contribution >= 0.6 is 0 Å². The maximum Gasteiger partial charge on any atom is 0.416 e. The van der Waals surface area contributed by atoms with Gasteiger partial charge in [0, 0.05) is 12.6 Å². The highest BCUT2D eigenvalue weighted by Crippen LogP contribution is 2.35. The van der Waals surface area contributed by atoms with Crippen molar-refractivity contribution in [3.05, 3.63) is 59.7 Å². The van der Waals surface area contributed by atoms with E-state index in [2.05, 4.69) is 0 Å². The summed E-state index contributed by atoms with van der Waals surface area (Å²) >= 11 is 0. The molecule has 1 aliphatic carbocycles. The normalized spacial score (nSPS) is 15.3. The van der Waals surface area contributed by atoms with Gasteiger partial charge in [0.2, 0.25) is 10.0 Å². The Morgan fingerprint density at radius 2 is 1.62 bits per heavy atom. The first-order valence-electron chi connectivity index (χ1n) is 8.04. The summed E-state index contributed by atoms with van der Waals surface area (Å²) in [6, 6.07) is 10.5. The molecule has 0 atom stereocenters. The van der Waals surface area contributed by atoms with E-state index in [0.717, 1.165) is 42.7 Å². The Morgan fingerprint density at radius 1 is 1.04 bits per heavy atom. The summed E-state index contributed by atoms with van der Waals surface area (Å²) in [5.41, 5.74) is -0.0854. The molecular weight excluding hydrogens is 367 g/mol. The minimum absolute atomic E-state index is 0.121. The number of nitrogens with zero attached hydrogens (tertiary/aromatic N) is 1. The van der Waals surface area contributed by atoms with Crippen molar-refractivity contribution in [2.24, 2.45) is 0 Å². The molecule has 26 heavy (non-hydrogen) atoms. The van der Waals surface area contributed by atoms with Crippen LogP contribution < -0.4 is 4.74 Å². The first kappa shape index (κ1) is 18.7. The van der Waals surface area contributed by atoms with E-state index in [9.17, 15) is 21.6 Å². The largest absolute Gasteiger partial charge is 0.497 e. The maximum atomic E-state index is 12.9. The molecule has 0 amide bonds. The van der Waals surface area contributed by atoms with E-state index in [4.69, 9.17) is 4.74 Å². The second kappa shape index (κ2) is 6.92. The number of sulfonamides is 1. The summed E-state index contributed by atoms with van der Waals surface area (Å²) in [5, 5.41) is 0. The van der Waals surface area contributed by atoms with Crippen molar-refractivity contribution in [3.8, 4) is 5.75 Å². The standard InChI is InChI=1S/C18H18F3NO3S/c1-25-16-8-2-13(3-9-16)12-22(15-6-7-15)26(23,24)17-10-4-14(5-11-17)18(19,20)21/h2-5,8-11,15H,6-7,12H2,1H3. The average Bonchev–Trinajstić information content (AvgIpc) is 3.44. The molecule has 1 saturated carbocycles. The minimum atomic E-state index is -4.50. The lowest BCUT2D eigenvalue weighted by molar-refractivity contribution is -0.137. The predicted octanol–water partition coefficient (Wildman–Crippen LogP) is 4.07. The van der Waals surface area contributed by atoms with E-state index in [1.807, 2.05) is 0 Å². The number of hydrogen-bond donors (Lipinski definition) is 0. The topological polar surface area (TPSA) is 46.6 Å². The molecule has 0 aromatic heterocycles. The molecule has 0 N–H and O–H groups in total. The molecule has 140 valence electrons. The number of alkyl halides is 3. The number of methoxy groups -OCH3 is 1. The molecule has 3 rings (SSSR count). The van der Waals surface area contributed by atoms with Crippen LogP contribution in [0.2, 0.25) is 0 Å². The van der Waals surface area contributed by atoms with E-state index >= 15 is 0 Å². The molecule has 0 saturated heterocycles. The molecule has 0 bridgehead atoms. The van der Waals surface area contributed by atoms with E-state index in [1.165, 1.54) is 4.31 Å². The van der Waals surface area contributed by atoms with Gasteiger partial charge in [-0.25, -0.2) is 8.42 Å². The van der Waals surface area contributed by atoms with Crippen LogP contribution in [0.4, 0.5) is 13.2 Å². The molecule has 0 heterocycles. The van der Waals surface area contributed by atoms with Crippen LogP contribution in [-0.4, -0.2) is 25.9 Å². The first-order valence-corrected chi connectivity index (χ1v) is 9.48. The molecule has 0 unspecified atom stereocenters. The molecule has 8 heteroatoms. The van der Waals surface area contributed by atoms with Gasteiger partial charge in [-0.15, -0.1) is 0 Å². The lowest BCUT2D eigenvalue weighted by Crippen LogP contribution is -2.32. The summed E-state index contributed by atoms with van der Waals surface area (Å²) < 4.78 is 70.4. The van der Waals surface area contributed by atoms with Crippen LogP contribution in [0.1, 0.15) is 24.0 Å². The van der Waals surface area contributed by atoms with Crippen molar-refractivity contribution in [2.45, 2.75) is 36.5 Å². The van der Waals surface area contributed by atoms with Gasteiger partial charge in [0.25, 0.3) is 0 Å². The summed E-state index contributed by atoms with van der Waals surface area (Å²) in [6.45, 7) is 0.165. The van der Waals surface area contributed by atoms with Crippen LogP contribution in [0.5, 0.6) is 5.75 Å². The molecule has 0 radical (unpaired) electrons. The maximum absolute atomic E-state index is 12.9. The lowest BCUT2D eigenvalue weighted by Gasteiger charge is -2.22. The van der Waals surface area contributed by atoms with Gasteiger partial charge in [0.1, 0.15) is 5.75 Å². The smallest absolute Gasteiger partial charge is 0.416 e. The number of halogens is 3. The van der Waals surface area contributed by atoms with Crippen molar-refractivity contribution in [3.63, 3.8) is 0 Å². The highest BCUT2D eigenvalue weighted by Gasteiger charge is 2.38. The summed E-state index contributed by atoms with van der Waals surface area (Å²) in [4.78, 5) is -0.133. The monoisotopic (exact) mass is 385 g/mol. The second-order valence-corrected chi connectivity index (χ2v) is 8.04. The molecule has 0 aliphatic heterocycles. The zero-order valence-electron chi connectivity index (χ0n) is 14.0. The summed E-state index contributed by atoms with van der Waals surface area (Å²) in [7, 11) is -2.34. The number of hydrogen-bond acceptors (Lipinski definition) is 3. The Hall–Kier alpha value is -2.06. The predicted molar refractivity (Wildman–Crippen MR) is 90.2 cm³/mol. The van der Waals surface area contributed by atoms with Crippen molar-refractivity contribution in [1.29, 1.82) is 0 Å². The van der Waals surface area contributed by atoms with Crippen LogP contribution in [0.3, 0.4) is 0 Å². The molecule has 1 fully saturated rings. The highest BCUT2D eigenvalue weighted by atomic mass is 32.2. The van der Waals surface area contributed by atoms with Crippen molar-refractivity contribution < 1.29 is 26.3 Å². The number of ether oxygens (including phenoxy) is 1. The minimum Gasteiger partial charge on any atom is -0.497 e. The fourth-order valence-corrected chi connectivity index (χ4v) is 4.31. The zero-order chi connectivity index (χ0) is 18.9. The number of benzene rings is 2. The van der Waals surface area contributed by atoms with E-state index in [0.29, 0.717) is 5.75 Å². The molecule has 0 spiro atoms. The SMILES string of the molecule is COc1ccc(CN(C2CC2)S(=O)(=O)c2ccc(C(F)(F)F)cc2)cc1. The van der Waals surface area contributed by atoms with Crippen molar-refractivity contribution in [2.75, 3.05) is 7.11 Å². The second-order valence-electron chi connectivity index (χ2n) is 6.15. The van der Waals surface area contributed by atoms with Gasteiger partial charge in [-0.2, -0.15) is 17.5 Å². The van der Waals surface area contributed by atoms with E-state index < -0.39 is 21.8 Å². The zero-order valence-corrected chi connectivity index (χ0v) is 14.8. The Bertz CT molecular complexity index is 858. The van der Waals surface area contributed by atoms with Crippen LogP contribution in [0.25, 0.3) is 0 Å². The fourth-order valence-electron chi connectivity index (χ4n) is 2.64. The Labute approximate surface area is 150 Å². The van der Waals surface area contributed by atoms with Crippen molar-refractivity contribution in [1.82, 2.24) is 4.31 Å². The van der Waals surface area contributed by atoms with Gasteiger partial charge in [-0.05, 0) is 54.8 Å². The van der Waals surface area contributed by atoms with Crippen LogP contribution in [-0.2, 0) is 22.7 Å². The first-order chi connectivity index (χ1) is 12.2. The van der Waals surface area contributed by atoms with Gasteiger partial charge in [0.05, 0.1) is 17.6 Å². The Kier molecular flexibility index (Phi) is 4.98. The molecular formula is C18H18F3NO3S. The van der Waals surface area contributed by atoms with Gasteiger partial charge in [-0.1, -0.05) is 12.1 Å².